The van der Waals surface area contributed by atoms with Crippen molar-refractivity contribution in [2.45, 2.75) is 26.3 Å². The highest BCUT2D eigenvalue weighted by Crippen LogP contribution is 2.08. The zero-order chi connectivity index (χ0) is 9.90. The molecule has 1 aromatic heterocycles. The first-order chi connectivity index (χ1) is 6.03. The van der Waals surface area contributed by atoms with Crippen molar-refractivity contribution in [2.24, 2.45) is 5.73 Å². The second-order valence-corrected chi connectivity index (χ2v) is 3.73. The van der Waals surface area contributed by atoms with E-state index in [2.05, 4.69) is 15.3 Å². The quantitative estimate of drug-likeness (QED) is 0.726. The molecule has 4 heteroatoms. The van der Waals surface area contributed by atoms with Gasteiger partial charge in [0.25, 0.3) is 0 Å². The van der Waals surface area contributed by atoms with Gasteiger partial charge in [0, 0.05) is 24.0 Å². The maximum atomic E-state index is 5.57. The molecule has 0 fully saturated rings. The zero-order valence-electron chi connectivity index (χ0n) is 8.33. The van der Waals surface area contributed by atoms with E-state index in [9.17, 15) is 0 Å². The van der Waals surface area contributed by atoms with Crippen LogP contribution in [0.4, 0.5) is 5.95 Å². The summed E-state index contributed by atoms with van der Waals surface area (Å²) in [5, 5.41) is 3.16. The molecule has 0 saturated carbocycles. The van der Waals surface area contributed by atoms with Gasteiger partial charge in [-0.1, -0.05) is 0 Å². The summed E-state index contributed by atoms with van der Waals surface area (Å²) in [7, 11) is 0. The van der Waals surface area contributed by atoms with Gasteiger partial charge in [-0.2, -0.15) is 0 Å². The Balaban J connectivity index is 2.74. The highest BCUT2D eigenvalue weighted by Gasteiger charge is 2.15. The lowest BCUT2D eigenvalue weighted by atomic mass is 10.1. The number of anilines is 1. The Morgan fingerprint density at radius 1 is 1.54 bits per heavy atom. The molecule has 4 nitrogen and oxygen atoms in total. The van der Waals surface area contributed by atoms with Crippen molar-refractivity contribution in [2.75, 3.05) is 11.9 Å². The minimum absolute atomic E-state index is 0.159. The summed E-state index contributed by atoms with van der Waals surface area (Å²) in [5.74, 6) is 0.635. The van der Waals surface area contributed by atoms with Crippen molar-refractivity contribution in [1.82, 2.24) is 9.97 Å². The van der Waals surface area contributed by atoms with Gasteiger partial charge in [-0.15, -0.1) is 0 Å². The minimum atomic E-state index is -0.159. The first-order valence-electron chi connectivity index (χ1n) is 4.31. The van der Waals surface area contributed by atoms with Crippen LogP contribution in [0.25, 0.3) is 0 Å². The number of nitrogens with zero attached hydrogens (tertiary/aromatic N) is 2. The lowest BCUT2D eigenvalue weighted by molar-refractivity contribution is 0.573. The lowest BCUT2D eigenvalue weighted by Crippen LogP contribution is -2.39. The van der Waals surface area contributed by atoms with Crippen LogP contribution < -0.4 is 11.1 Å². The van der Waals surface area contributed by atoms with Crippen molar-refractivity contribution in [3.05, 3.63) is 18.0 Å². The molecule has 0 aliphatic heterocycles. The molecule has 0 aliphatic rings. The molecule has 0 aromatic carbocycles. The molecule has 0 aliphatic carbocycles. The average molecular weight is 180 g/mol. The molecule has 0 unspecified atom stereocenters. The van der Waals surface area contributed by atoms with Crippen LogP contribution in [0, 0.1) is 6.92 Å². The Labute approximate surface area is 78.6 Å². The van der Waals surface area contributed by atoms with Gasteiger partial charge in [-0.25, -0.2) is 9.97 Å². The van der Waals surface area contributed by atoms with E-state index >= 15 is 0 Å². The van der Waals surface area contributed by atoms with Gasteiger partial charge >= 0.3 is 0 Å². The summed E-state index contributed by atoms with van der Waals surface area (Å²) >= 11 is 0. The van der Waals surface area contributed by atoms with Crippen LogP contribution in [-0.4, -0.2) is 22.1 Å². The second-order valence-electron chi connectivity index (χ2n) is 3.73. The van der Waals surface area contributed by atoms with Crippen LogP contribution in [-0.2, 0) is 0 Å². The van der Waals surface area contributed by atoms with E-state index in [-0.39, 0.29) is 5.54 Å². The second kappa shape index (κ2) is 3.70. The van der Waals surface area contributed by atoms with Crippen molar-refractivity contribution < 1.29 is 0 Å². The van der Waals surface area contributed by atoms with Crippen molar-refractivity contribution >= 4 is 5.95 Å². The summed E-state index contributed by atoms with van der Waals surface area (Å²) in [6, 6.07) is 1.86. The monoisotopic (exact) mass is 180 g/mol. The van der Waals surface area contributed by atoms with E-state index in [0.29, 0.717) is 12.5 Å². The zero-order valence-corrected chi connectivity index (χ0v) is 8.33. The van der Waals surface area contributed by atoms with Gasteiger partial charge in [-0.05, 0) is 26.8 Å². The highest BCUT2D eigenvalue weighted by atomic mass is 15.1. The molecule has 72 valence electrons. The van der Waals surface area contributed by atoms with E-state index in [4.69, 9.17) is 5.73 Å². The first-order valence-corrected chi connectivity index (χ1v) is 4.31. The van der Waals surface area contributed by atoms with E-state index in [1.165, 1.54) is 0 Å². The molecular formula is C9H16N4. The molecule has 0 atom stereocenters. The van der Waals surface area contributed by atoms with E-state index in [0.717, 1.165) is 5.69 Å². The van der Waals surface area contributed by atoms with Crippen LogP contribution in [0.5, 0.6) is 0 Å². The summed E-state index contributed by atoms with van der Waals surface area (Å²) in [4.78, 5) is 8.32. The topological polar surface area (TPSA) is 63.8 Å². The van der Waals surface area contributed by atoms with E-state index in [1.54, 1.807) is 6.20 Å². The van der Waals surface area contributed by atoms with Gasteiger partial charge < -0.3 is 11.1 Å². The predicted molar refractivity (Wildman–Crippen MR) is 53.5 cm³/mol. The number of aryl methyl sites for hydroxylation is 1. The maximum Gasteiger partial charge on any atom is 0.223 e. The van der Waals surface area contributed by atoms with Gasteiger partial charge in [0.2, 0.25) is 5.95 Å². The first kappa shape index (κ1) is 9.92. The number of nitrogens with two attached hydrogens (primary N) is 1. The Kier molecular flexibility index (Phi) is 2.83. The molecule has 0 radical (unpaired) electrons. The van der Waals surface area contributed by atoms with Gasteiger partial charge in [0.05, 0.1) is 0 Å². The summed E-state index contributed by atoms with van der Waals surface area (Å²) < 4.78 is 0. The average Bonchev–Trinajstić information content (AvgIpc) is 2.03. The molecule has 0 amide bonds. The van der Waals surface area contributed by atoms with Crippen molar-refractivity contribution in [1.29, 1.82) is 0 Å². The fourth-order valence-corrected chi connectivity index (χ4v) is 0.863. The van der Waals surface area contributed by atoms with E-state index in [1.807, 2.05) is 26.8 Å². The van der Waals surface area contributed by atoms with Crippen LogP contribution in [0.15, 0.2) is 12.3 Å². The van der Waals surface area contributed by atoms with Gasteiger partial charge in [-0.3, -0.25) is 0 Å². The van der Waals surface area contributed by atoms with Crippen molar-refractivity contribution in [3.63, 3.8) is 0 Å². The largest absolute Gasteiger partial charge is 0.348 e. The molecule has 1 rings (SSSR count). The number of hydrogen-bond acceptors (Lipinski definition) is 4. The SMILES string of the molecule is Cc1ccnc(NC(C)(C)CN)n1. The van der Waals surface area contributed by atoms with Crippen LogP contribution in [0.3, 0.4) is 0 Å². The van der Waals surface area contributed by atoms with Crippen LogP contribution in [0.2, 0.25) is 0 Å². The summed E-state index contributed by atoms with van der Waals surface area (Å²) in [6.07, 6.45) is 1.73. The number of aromatic nitrogens is 2. The number of hydrogen-bond donors (Lipinski definition) is 2. The van der Waals surface area contributed by atoms with E-state index < -0.39 is 0 Å². The number of rotatable bonds is 3. The third kappa shape index (κ3) is 2.99. The van der Waals surface area contributed by atoms with Gasteiger partial charge in [0.15, 0.2) is 0 Å². The minimum Gasteiger partial charge on any atom is -0.348 e. The molecule has 13 heavy (non-hydrogen) atoms. The fraction of sp³-hybridized carbons (Fsp3) is 0.556. The Morgan fingerprint density at radius 3 is 2.77 bits per heavy atom. The Bertz CT molecular complexity index is 283. The highest BCUT2D eigenvalue weighted by molar-refractivity contribution is 5.28. The summed E-state index contributed by atoms with van der Waals surface area (Å²) in [5.41, 5.74) is 6.36. The van der Waals surface area contributed by atoms with Crippen molar-refractivity contribution in [3.8, 4) is 0 Å². The Hall–Kier alpha value is -1.16. The smallest absolute Gasteiger partial charge is 0.223 e. The molecule has 0 spiro atoms. The van der Waals surface area contributed by atoms with Crippen LogP contribution >= 0.6 is 0 Å². The predicted octanol–water partition coefficient (Wildman–Crippen LogP) is 0.934. The number of nitrogens with one attached hydrogen (secondary N) is 1. The molecule has 0 bridgehead atoms. The Morgan fingerprint density at radius 2 is 2.23 bits per heavy atom. The lowest BCUT2D eigenvalue weighted by Gasteiger charge is -2.23. The van der Waals surface area contributed by atoms with Gasteiger partial charge in [0.1, 0.15) is 0 Å². The third-order valence-electron chi connectivity index (χ3n) is 1.76. The standard InChI is InChI=1S/C9H16N4/c1-7-4-5-11-8(12-7)13-9(2,3)6-10/h4-5H,6,10H2,1-3H3,(H,11,12,13). The fourth-order valence-electron chi connectivity index (χ4n) is 0.863. The molecule has 3 N–H and O–H groups in total. The normalized spacial score (nSPS) is 11.4. The molecule has 1 aromatic rings. The molecule has 1 heterocycles. The third-order valence-corrected chi connectivity index (χ3v) is 1.76. The maximum absolute atomic E-state index is 5.57. The van der Waals surface area contributed by atoms with Crippen LogP contribution in [0.1, 0.15) is 19.5 Å². The summed E-state index contributed by atoms with van der Waals surface area (Å²) in [6.45, 7) is 6.50. The molecular weight excluding hydrogens is 164 g/mol. The molecule has 0 saturated heterocycles.